The van der Waals surface area contributed by atoms with Crippen LogP contribution in [0.3, 0.4) is 0 Å². The molecule has 1 N–H and O–H groups in total. The molecule has 0 aliphatic rings. The van der Waals surface area contributed by atoms with Crippen LogP contribution < -0.4 is 5.32 Å². The van der Waals surface area contributed by atoms with E-state index >= 15 is 0 Å². The quantitative estimate of drug-likeness (QED) is 0.680. The summed E-state index contributed by atoms with van der Waals surface area (Å²) in [6.07, 6.45) is -3.11. The van der Waals surface area contributed by atoms with Crippen LogP contribution in [-0.4, -0.2) is 43.7 Å². The lowest BCUT2D eigenvalue weighted by molar-refractivity contribution is -0.159. The Balaban J connectivity index is 4.28. The monoisotopic (exact) mass is 210 g/mol. The molecule has 0 aliphatic heterocycles. The first-order valence-electron chi connectivity index (χ1n) is 4.00. The zero-order valence-electron chi connectivity index (χ0n) is 7.90. The molecular weight excluding hydrogens is 197 g/mol. The van der Waals surface area contributed by atoms with E-state index in [0.29, 0.717) is 4.90 Å². The molecule has 0 aliphatic carbocycles. The largest absolute Gasteiger partial charge is 0.406 e. The van der Waals surface area contributed by atoms with E-state index in [4.69, 9.17) is 0 Å². The molecule has 0 aromatic carbocycles. The third-order valence-electron chi connectivity index (χ3n) is 1.40. The van der Waals surface area contributed by atoms with Crippen molar-refractivity contribution < 1.29 is 18.0 Å². The summed E-state index contributed by atoms with van der Waals surface area (Å²) in [4.78, 5) is 11.8. The number of carbonyl (C=O) groups is 1. The Morgan fingerprint density at radius 2 is 2.14 bits per heavy atom. The lowest BCUT2D eigenvalue weighted by atomic mass is 10.4. The highest BCUT2D eigenvalue weighted by molar-refractivity contribution is 5.78. The minimum atomic E-state index is -4.37. The molecule has 3 nitrogen and oxygen atoms in total. The minimum Gasteiger partial charge on any atom is -0.329 e. The second-order valence-electron chi connectivity index (χ2n) is 2.71. The van der Waals surface area contributed by atoms with Crippen molar-refractivity contribution in [2.75, 3.05) is 26.7 Å². The van der Waals surface area contributed by atoms with Crippen molar-refractivity contribution in [3.63, 3.8) is 0 Å². The lowest BCUT2D eigenvalue weighted by Crippen LogP contribution is -2.42. The molecule has 1 amide bonds. The Morgan fingerprint density at radius 1 is 1.57 bits per heavy atom. The van der Waals surface area contributed by atoms with Gasteiger partial charge in [0.15, 0.2) is 0 Å². The van der Waals surface area contributed by atoms with E-state index in [9.17, 15) is 18.0 Å². The second kappa shape index (κ2) is 5.64. The number of likely N-dealkylation sites (N-methyl/N-ethyl adjacent to an activating group) is 1. The van der Waals surface area contributed by atoms with Gasteiger partial charge in [-0.25, -0.2) is 0 Å². The van der Waals surface area contributed by atoms with Gasteiger partial charge >= 0.3 is 6.18 Å². The summed E-state index contributed by atoms with van der Waals surface area (Å²) in [7, 11) is 1.50. The van der Waals surface area contributed by atoms with Crippen molar-refractivity contribution in [1.29, 1.82) is 0 Å². The summed E-state index contributed by atoms with van der Waals surface area (Å²) in [5.74, 6) is -0.593. The molecule has 0 spiro atoms. The van der Waals surface area contributed by atoms with Crippen LogP contribution in [0.4, 0.5) is 13.2 Å². The summed E-state index contributed by atoms with van der Waals surface area (Å²) < 4.78 is 35.9. The number of hydrogen-bond acceptors (Lipinski definition) is 2. The van der Waals surface area contributed by atoms with Crippen LogP contribution >= 0.6 is 0 Å². The Bertz CT molecular complexity index is 203. The number of hydrogen-bond donors (Lipinski definition) is 1. The predicted molar refractivity (Wildman–Crippen MR) is 46.8 cm³/mol. The Morgan fingerprint density at radius 3 is 2.50 bits per heavy atom. The van der Waals surface area contributed by atoms with Crippen molar-refractivity contribution in [1.82, 2.24) is 10.2 Å². The van der Waals surface area contributed by atoms with Crippen LogP contribution in [0.25, 0.3) is 0 Å². The molecule has 0 aromatic rings. The third-order valence-corrected chi connectivity index (χ3v) is 1.40. The van der Waals surface area contributed by atoms with Gasteiger partial charge in [-0.05, 0) is 7.05 Å². The van der Waals surface area contributed by atoms with E-state index in [0.717, 1.165) is 0 Å². The minimum absolute atomic E-state index is 0.0972. The maximum absolute atomic E-state index is 12.0. The fourth-order valence-electron chi connectivity index (χ4n) is 0.890. The van der Waals surface area contributed by atoms with Gasteiger partial charge < -0.3 is 10.2 Å². The molecule has 0 saturated carbocycles. The van der Waals surface area contributed by atoms with Crippen LogP contribution in [0.5, 0.6) is 0 Å². The van der Waals surface area contributed by atoms with E-state index < -0.39 is 18.6 Å². The van der Waals surface area contributed by atoms with Crippen LogP contribution in [0.1, 0.15) is 0 Å². The van der Waals surface area contributed by atoms with Gasteiger partial charge in [-0.3, -0.25) is 4.79 Å². The van der Waals surface area contributed by atoms with E-state index in [1.165, 1.54) is 13.1 Å². The maximum Gasteiger partial charge on any atom is 0.406 e. The smallest absolute Gasteiger partial charge is 0.329 e. The number of rotatable bonds is 5. The van der Waals surface area contributed by atoms with Gasteiger partial charge in [0.25, 0.3) is 0 Å². The number of amides is 1. The zero-order valence-corrected chi connectivity index (χ0v) is 7.90. The molecule has 0 atom stereocenters. The van der Waals surface area contributed by atoms with Crippen LogP contribution in [0.2, 0.25) is 0 Å². The van der Waals surface area contributed by atoms with Gasteiger partial charge in [0.2, 0.25) is 5.91 Å². The molecule has 0 saturated heterocycles. The first-order chi connectivity index (χ1) is 6.40. The van der Waals surface area contributed by atoms with Gasteiger partial charge in [-0.15, -0.1) is 6.58 Å². The number of alkyl halides is 3. The lowest BCUT2D eigenvalue weighted by Gasteiger charge is -2.22. The number of nitrogens with one attached hydrogen (secondary N) is 1. The standard InChI is InChI=1S/C8H13F3N2O/c1-3-4-13(6-8(9,10)11)7(14)5-12-2/h3,12H,1,4-6H2,2H3. The number of nitrogens with zero attached hydrogens (tertiary/aromatic N) is 1. The maximum atomic E-state index is 12.0. The molecule has 14 heavy (non-hydrogen) atoms. The average molecular weight is 210 g/mol. The average Bonchev–Trinajstić information content (AvgIpc) is 2.01. The second-order valence-corrected chi connectivity index (χ2v) is 2.71. The van der Waals surface area contributed by atoms with Gasteiger partial charge in [-0.1, -0.05) is 6.08 Å². The Labute approximate surface area is 80.6 Å². The molecule has 0 aromatic heterocycles. The van der Waals surface area contributed by atoms with E-state index in [1.807, 2.05) is 0 Å². The van der Waals surface area contributed by atoms with Crippen LogP contribution in [0.15, 0.2) is 12.7 Å². The molecule has 0 rings (SSSR count). The highest BCUT2D eigenvalue weighted by atomic mass is 19.4. The molecule has 0 unspecified atom stereocenters. The summed E-state index contributed by atoms with van der Waals surface area (Å²) >= 11 is 0. The third kappa shape index (κ3) is 5.58. The molecule has 0 bridgehead atoms. The summed E-state index contributed by atoms with van der Waals surface area (Å²) in [5, 5.41) is 2.50. The van der Waals surface area contributed by atoms with Crippen molar-refractivity contribution in [3.8, 4) is 0 Å². The van der Waals surface area contributed by atoms with E-state index in [-0.39, 0.29) is 13.1 Å². The van der Waals surface area contributed by atoms with Crippen LogP contribution in [-0.2, 0) is 4.79 Å². The predicted octanol–water partition coefficient (Wildman–Crippen LogP) is 0.783. The first-order valence-corrected chi connectivity index (χ1v) is 4.00. The van der Waals surface area contributed by atoms with Gasteiger partial charge in [0.1, 0.15) is 6.54 Å². The van der Waals surface area contributed by atoms with E-state index in [1.54, 1.807) is 0 Å². The van der Waals surface area contributed by atoms with E-state index in [2.05, 4.69) is 11.9 Å². The van der Waals surface area contributed by atoms with Crippen LogP contribution in [0, 0.1) is 0 Å². The van der Waals surface area contributed by atoms with Gasteiger partial charge in [0, 0.05) is 6.54 Å². The van der Waals surface area contributed by atoms with Crippen molar-refractivity contribution in [3.05, 3.63) is 12.7 Å². The molecule has 82 valence electrons. The summed E-state index contributed by atoms with van der Waals surface area (Å²) in [6.45, 7) is 1.85. The Hall–Kier alpha value is -1.04. The normalized spacial score (nSPS) is 11.1. The molecule has 0 radical (unpaired) electrons. The number of halogens is 3. The molecule has 0 heterocycles. The Kier molecular flexibility index (Phi) is 5.22. The topological polar surface area (TPSA) is 32.3 Å². The fourth-order valence-corrected chi connectivity index (χ4v) is 0.890. The van der Waals surface area contributed by atoms with Gasteiger partial charge in [0.05, 0.1) is 6.54 Å². The van der Waals surface area contributed by atoms with Gasteiger partial charge in [-0.2, -0.15) is 13.2 Å². The van der Waals surface area contributed by atoms with Crippen molar-refractivity contribution >= 4 is 5.91 Å². The molecule has 6 heteroatoms. The highest BCUT2D eigenvalue weighted by Gasteiger charge is 2.32. The highest BCUT2D eigenvalue weighted by Crippen LogP contribution is 2.16. The SMILES string of the molecule is C=CCN(CC(F)(F)F)C(=O)CNC. The molecule has 0 fully saturated rings. The first kappa shape index (κ1) is 13.0. The summed E-state index contributed by atoms with van der Waals surface area (Å²) in [6, 6.07) is 0. The number of carbonyl (C=O) groups excluding carboxylic acids is 1. The summed E-state index contributed by atoms with van der Waals surface area (Å²) in [5.41, 5.74) is 0. The molecular formula is C8H13F3N2O. The zero-order chi connectivity index (χ0) is 11.2. The fraction of sp³-hybridized carbons (Fsp3) is 0.625. The van der Waals surface area contributed by atoms with Crippen molar-refractivity contribution in [2.45, 2.75) is 6.18 Å². The van der Waals surface area contributed by atoms with Crippen molar-refractivity contribution in [2.24, 2.45) is 0 Å².